The summed E-state index contributed by atoms with van der Waals surface area (Å²) in [6.07, 6.45) is 5.29. The van der Waals surface area contributed by atoms with Crippen molar-refractivity contribution in [3.63, 3.8) is 0 Å². The number of aryl methyl sites for hydroxylation is 2. The number of rotatable bonds is 2. The summed E-state index contributed by atoms with van der Waals surface area (Å²) in [5, 5.41) is 3.74. The van der Waals surface area contributed by atoms with E-state index in [1.54, 1.807) is 0 Å². The molecule has 3 nitrogen and oxygen atoms in total. The second-order valence-corrected chi connectivity index (χ2v) is 4.92. The third-order valence-corrected chi connectivity index (χ3v) is 3.60. The fourth-order valence-electron chi connectivity index (χ4n) is 2.74. The molecule has 3 heteroatoms. The quantitative estimate of drug-likeness (QED) is 0.801. The predicted molar refractivity (Wildman–Crippen MR) is 59.8 cm³/mol. The van der Waals surface area contributed by atoms with E-state index in [-0.39, 0.29) is 0 Å². The van der Waals surface area contributed by atoms with Crippen molar-refractivity contribution in [3.05, 3.63) is 17.2 Å². The minimum absolute atomic E-state index is 0.562. The van der Waals surface area contributed by atoms with Crippen molar-refractivity contribution in [2.24, 2.45) is 0 Å². The molecule has 1 aliphatic heterocycles. The van der Waals surface area contributed by atoms with Crippen LogP contribution in [0.1, 0.15) is 48.9 Å². The molecule has 0 amide bonds. The van der Waals surface area contributed by atoms with Crippen molar-refractivity contribution in [3.8, 4) is 0 Å². The summed E-state index contributed by atoms with van der Waals surface area (Å²) >= 11 is 0. The first-order chi connectivity index (χ1) is 7.25. The van der Waals surface area contributed by atoms with E-state index in [0.717, 1.165) is 12.6 Å². The highest BCUT2D eigenvalue weighted by molar-refractivity contribution is 5.21. The Labute approximate surface area is 90.9 Å². The van der Waals surface area contributed by atoms with Crippen LogP contribution in [0.5, 0.6) is 0 Å². The highest BCUT2D eigenvalue weighted by Crippen LogP contribution is 2.32. The van der Waals surface area contributed by atoms with E-state index in [4.69, 9.17) is 0 Å². The first-order valence-electron chi connectivity index (χ1n) is 6.05. The van der Waals surface area contributed by atoms with Crippen molar-refractivity contribution >= 4 is 0 Å². The van der Waals surface area contributed by atoms with Crippen molar-refractivity contribution in [1.29, 1.82) is 0 Å². The Bertz CT molecular complexity index is 376. The molecule has 1 atom stereocenters. The maximum Gasteiger partial charge on any atom is 0.106 e. The van der Waals surface area contributed by atoms with Crippen LogP contribution < -0.4 is 5.32 Å². The summed E-state index contributed by atoms with van der Waals surface area (Å²) in [4.78, 5) is 4.59. The van der Waals surface area contributed by atoms with E-state index in [0.29, 0.717) is 6.04 Å². The highest BCUT2D eigenvalue weighted by atomic mass is 15.1. The molecule has 1 aromatic rings. The van der Waals surface area contributed by atoms with Crippen molar-refractivity contribution in [2.45, 2.75) is 58.2 Å². The number of nitrogens with zero attached hydrogens (tertiary/aromatic N) is 2. The van der Waals surface area contributed by atoms with Crippen LogP contribution in [0.25, 0.3) is 0 Å². The van der Waals surface area contributed by atoms with Gasteiger partial charge in [-0.15, -0.1) is 0 Å². The number of hydrogen-bond acceptors (Lipinski definition) is 2. The van der Waals surface area contributed by atoms with Gasteiger partial charge in [0.2, 0.25) is 0 Å². The number of nitrogens with one attached hydrogen (secondary N) is 1. The van der Waals surface area contributed by atoms with Gasteiger partial charge in [-0.1, -0.05) is 0 Å². The molecule has 1 aromatic heterocycles. The molecular formula is C12H19N3. The normalized spacial score (nSPS) is 25.3. The van der Waals surface area contributed by atoms with Gasteiger partial charge in [-0.25, -0.2) is 4.98 Å². The summed E-state index contributed by atoms with van der Waals surface area (Å²) in [6.45, 7) is 5.42. The van der Waals surface area contributed by atoms with E-state index < -0.39 is 0 Å². The van der Waals surface area contributed by atoms with Crippen molar-refractivity contribution < 1.29 is 0 Å². The molecule has 1 fully saturated rings. The molecule has 0 spiro atoms. The zero-order valence-electron chi connectivity index (χ0n) is 9.58. The van der Waals surface area contributed by atoms with Gasteiger partial charge in [-0.3, -0.25) is 0 Å². The van der Waals surface area contributed by atoms with Crippen LogP contribution in [0, 0.1) is 13.8 Å². The van der Waals surface area contributed by atoms with Gasteiger partial charge in [0.1, 0.15) is 5.82 Å². The van der Waals surface area contributed by atoms with E-state index >= 15 is 0 Å². The molecule has 1 unspecified atom stereocenters. The Morgan fingerprint density at radius 1 is 1.27 bits per heavy atom. The summed E-state index contributed by atoms with van der Waals surface area (Å²) in [5.74, 6) is 1.18. The molecule has 1 saturated carbocycles. The lowest BCUT2D eigenvalue weighted by Gasteiger charge is -2.26. The molecule has 0 radical (unpaired) electrons. The minimum Gasteiger partial charge on any atom is -0.331 e. The molecule has 1 N–H and O–H groups in total. The van der Waals surface area contributed by atoms with Gasteiger partial charge < -0.3 is 9.88 Å². The summed E-state index contributed by atoms with van der Waals surface area (Å²) in [5.41, 5.74) is 2.68. The first-order valence-corrected chi connectivity index (χ1v) is 6.05. The molecule has 3 rings (SSSR count). The van der Waals surface area contributed by atoms with Gasteiger partial charge in [-0.05, 0) is 39.5 Å². The fraction of sp³-hybridized carbons (Fsp3) is 0.750. The molecular weight excluding hydrogens is 186 g/mol. The van der Waals surface area contributed by atoms with E-state index in [9.17, 15) is 0 Å². The van der Waals surface area contributed by atoms with Gasteiger partial charge in [0.15, 0.2) is 0 Å². The topological polar surface area (TPSA) is 29.9 Å². The molecule has 0 saturated heterocycles. The molecule has 2 aliphatic rings. The van der Waals surface area contributed by atoms with Gasteiger partial charge in [0.25, 0.3) is 0 Å². The molecule has 1 aliphatic carbocycles. The van der Waals surface area contributed by atoms with E-state index in [1.165, 1.54) is 42.9 Å². The largest absolute Gasteiger partial charge is 0.331 e. The van der Waals surface area contributed by atoms with Gasteiger partial charge in [0, 0.05) is 18.6 Å². The lowest BCUT2D eigenvalue weighted by Crippen LogP contribution is -2.29. The number of imidazole rings is 1. The Morgan fingerprint density at radius 2 is 2.07 bits per heavy atom. The summed E-state index contributed by atoms with van der Waals surface area (Å²) < 4.78 is 2.40. The van der Waals surface area contributed by atoms with Crippen LogP contribution in [0.4, 0.5) is 0 Å². The average Bonchev–Trinajstić information content (AvgIpc) is 2.96. The Balaban J connectivity index is 1.93. The maximum absolute atomic E-state index is 4.59. The Kier molecular flexibility index (Phi) is 2.09. The van der Waals surface area contributed by atoms with Crippen molar-refractivity contribution in [1.82, 2.24) is 14.9 Å². The monoisotopic (exact) mass is 205 g/mol. The van der Waals surface area contributed by atoms with Gasteiger partial charge in [-0.2, -0.15) is 0 Å². The Morgan fingerprint density at radius 3 is 2.80 bits per heavy atom. The number of aromatic nitrogens is 2. The molecule has 82 valence electrons. The Hall–Kier alpha value is -0.830. The van der Waals surface area contributed by atoms with E-state index in [1.807, 2.05) is 0 Å². The second-order valence-electron chi connectivity index (χ2n) is 4.92. The zero-order chi connectivity index (χ0) is 10.4. The molecule has 2 heterocycles. The predicted octanol–water partition coefficient (Wildman–Crippen LogP) is 2.09. The van der Waals surface area contributed by atoms with Crippen molar-refractivity contribution in [2.75, 3.05) is 0 Å². The van der Waals surface area contributed by atoms with Crippen LogP contribution in [0.3, 0.4) is 0 Å². The minimum atomic E-state index is 0.562. The van der Waals surface area contributed by atoms with Gasteiger partial charge >= 0.3 is 0 Å². The third-order valence-electron chi connectivity index (χ3n) is 3.60. The molecule has 15 heavy (non-hydrogen) atoms. The number of hydrogen-bond donors (Lipinski definition) is 1. The van der Waals surface area contributed by atoms with Crippen LogP contribution in [0.15, 0.2) is 0 Å². The molecule has 0 aromatic carbocycles. The van der Waals surface area contributed by atoms with Crippen LogP contribution in [0.2, 0.25) is 0 Å². The first kappa shape index (κ1) is 9.40. The third kappa shape index (κ3) is 1.59. The SMILES string of the molecule is Cc1nc(C)n2c1C(NC1CC1)CCC2. The second kappa shape index (κ2) is 3.34. The lowest BCUT2D eigenvalue weighted by molar-refractivity contribution is 0.389. The summed E-state index contributed by atoms with van der Waals surface area (Å²) in [6, 6.07) is 1.35. The fourth-order valence-corrected chi connectivity index (χ4v) is 2.74. The van der Waals surface area contributed by atoms with Crippen LogP contribution in [-0.2, 0) is 6.54 Å². The van der Waals surface area contributed by atoms with Crippen LogP contribution in [-0.4, -0.2) is 15.6 Å². The average molecular weight is 205 g/mol. The smallest absolute Gasteiger partial charge is 0.106 e. The lowest BCUT2D eigenvalue weighted by atomic mass is 10.0. The maximum atomic E-state index is 4.59. The number of fused-ring (bicyclic) bond motifs is 1. The van der Waals surface area contributed by atoms with Crippen LogP contribution >= 0.6 is 0 Å². The van der Waals surface area contributed by atoms with E-state index in [2.05, 4.69) is 28.7 Å². The zero-order valence-corrected chi connectivity index (χ0v) is 9.58. The molecule has 0 bridgehead atoms. The summed E-state index contributed by atoms with van der Waals surface area (Å²) in [7, 11) is 0. The van der Waals surface area contributed by atoms with Gasteiger partial charge in [0.05, 0.1) is 11.4 Å². The standard InChI is InChI=1S/C12H19N3/c1-8-12-11(14-10-5-6-10)4-3-7-15(12)9(2)13-8/h10-11,14H,3-7H2,1-2H3. The highest BCUT2D eigenvalue weighted by Gasteiger charge is 2.30.